The van der Waals surface area contributed by atoms with Crippen LogP contribution in [0.2, 0.25) is 0 Å². The van der Waals surface area contributed by atoms with Gasteiger partial charge in [0.15, 0.2) is 11.5 Å². The maximum atomic E-state index is 9.67. The number of fused-ring (bicyclic) bond motifs is 1. The average molecular weight is 394 g/mol. The highest BCUT2D eigenvalue weighted by Gasteiger charge is 2.12. The summed E-state index contributed by atoms with van der Waals surface area (Å²) in [6, 6.07) is 20.1. The Morgan fingerprint density at radius 3 is 2.44 bits per heavy atom. The molecule has 3 nitrogen and oxygen atoms in total. The standard InChI is InChI=1S/C21H16BrNO2/c1-24-20-12-19(22)11-17(21(20)25-2)10-18(13-23)16-8-7-14-5-3-4-6-15(14)9-16/h3-12H,1-2H3/b18-10-. The minimum Gasteiger partial charge on any atom is -0.493 e. The van der Waals surface area contributed by atoms with Crippen LogP contribution < -0.4 is 9.47 Å². The number of allylic oxidation sites excluding steroid dienone is 1. The number of nitriles is 1. The van der Waals surface area contributed by atoms with Crippen LogP contribution in [0, 0.1) is 11.3 Å². The summed E-state index contributed by atoms with van der Waals surface area (Å²) >= 11 is 3.47. The van der Waals surface area contributed by atoms with Crippen molar-refractivity contribution in [2.75, 3.05) is 14.2 Å². The number of hydrogen-bond donors (Lipinski definition) is 0. The van der Waals surface area contributed by atoms with Crippen molar-refractivity contribution in [3.63, 3.8) is 0 Å². The molecule has 0 spiro atoms. The quantitative estimate of drug-likeness (QED) is 0.422. The summed E-state index contributed by atoms with van der Waals surface area (Å²) in [6.45, 7) is 0. The van der Waals surface area contributed by atoms with Gasteiger partial charge in [-0.1, -0.05) is 52.3 Å². The molecule has 0 aliphatic rings. The number of hydrogen-bond acceptors (Lipinski definition) is 3. The first kappa shape index (κ1) is 17.1. The van der Waals surface area contributed by atoms with Crippen LogP contribution in [-0.2, 0) is 0 Å². The topological polar surface area (TPSA) is 42.2 Å². The third-order valence-electron chi connectivity index (χ3n) is 3.95. The number of methoxy groups -OCH3 is 2. The van der Waals surface area contributed by atoms with E-state index >= 15 is 0 Å². The Kier molecular flexibility index (Phi) is 5.06. The molecule has 0 aromatic heterocycles. The van der Waals surface area contributed by atoms with E-state index in [4.69, 9.17) is 9.47 Å². The normalized spacial score (nSPS) is 11.2. The van der Waals surface area contributed by atoms with Gasteiger partial charge in [0, 0.05) is 10.0 Å². The number of rotatable bonds is 4. The summed E-state index contributed by atoms with van der Waals surface area (Å²) in [5.41, 5.74) is 2.20. The van der Waals surface area contributed by atoms with Crippen molar-refractivity contribution in [2.45, 2.75) is 0 Å². The zero-order chi connectivity index (χ0) is 17.8. The number of nitrogens with zero attached hydrogens (tertiary/aromatic N) is 1. The van der Waals surface area contributed by atoms with Gasteiger partial charge in [-0.2, -0.15) is 5.26 Å². The predicted molar refractivity (Wildman–Crippen MR) is 105 cm³/mol. The van der Waals surface area contributed by atoms with Crippen molar-refractivity contribution in [3.05, 3.63) is 70.2 Å². The molecule has 0 radical (unpaired) electrons. The van der Waals surface area contributed by atoms with E-state index in [1.165, 1.54) is 0 Å². The van der Waals surface area contributed by atoms with Crippen LogP contribution in [0.5, 0.6) is 11.5 Å². The van der Waals surface area contributed by atoms with Gasteiger partial charge in [-0.05, 0) is 40.6 Å². The van der Waals surface area contributed by atoms with Crippen LogP contribution in [0.1, 0.15) is 11.1 Å². The lowest BCUT2D eigenvalue weighted by molar-refractivity contribution is 0.354. The van der Waals surface area contributed by atoms with Crippen molar-refractivity contribution in [2.24, 2.45) is 0 Å². The molecule has 0 bridgehead atoms. The van der Waals surface area contributed by atoms with E-state index in [-0.39, 0.29) is 0 Å². The second-order valence-electron chi connectivity index (χ2n) is 5.46. The lowest BCUT2D eigenvalue weighted by Gasteiger charge is -2.12. The van der Waals surface area contributed by atoms with Crippen LogP contribution in [0.3, 0.4) is 0 Å². The largest absolute Gasteiger partial charge is 0.493 e. The second kappa shape index (κ2) is 7.42. The summed E-state index contributed by atoms with van der Waals surface area (Å²) in [7, 11) is 3.18. The van der Waals surface area contributed by atoms with E-state index in [1.807, 2.05) is 54.6 Å². The fraction of sp³-hybridized carbons (Fsp3) is 0.0952. The fourth-order valence-electron chi connectivity index (χ4n) is 2.76. The molecule has 0 saturated heterocycles. The molecule has 3 rings (SSSR count). The molecule has 3 aromatic carbocycles. The highest BCUT2D eigenvalue weighted by atomic mass is 79.9. The molecule has 0 aliphatic carbocycles. The molecule has 0 heterocycles. The van der Waals surface area contributed by atoms with Crippen LogP contribution in [0.25, 0.3) is 22.4 Å². The maximum absolute atomic E-state index is 9.67. The van der Waals surface area contributed by atoms with Gasteiger partial charge in [0.05, 0.1) is 25.9 Å². The van der Waals surface area contributed by atoms with Crippen LogP contribution in [0.15, 0.2) is 59.1 Å². The molecule has 3 aromatic rings. The smallest absolute Gasteiger partial charge is 0.168 e. The van der Waals surface area contributed by atoms with Crippen LogP contribution in [-0.4, -0.2) is 14.2 Å². The van der Waals surface area contributed by atoms with Crippen LogP contribution >= 0.6 is 15.9 Å². The molecule has 0 N–H and O–H groups in total. The Morgan fingerprint density at radius 2 is 1.76 bits per heavy atom. The summed E-state index contributed by atoms with van der Waals surface area (Å²) in [5.74, 6) is 1.21. The van der Waals surface area contributed by atoms with Crippen molar-refractivity contribution in [3.8, 4) is 17.6 Å². The first-order valence-electron chi connectivity index (χ1n) is 7.68. The molecule has 0 amide bonds. The Balaban J connectivity index is 2.14. The zero-order valence-corrected chi connectivity index (χ0v) is 15.5. The monoisotopic (exact) mass is 393 g/mol. The number of halogens is 1. The first-order valence-corrected chi connectivity index (χ1v) is 8.48. The average Bonchev–Trinajstić information content (AvgIpc) is 2.65. The predicted octanol–water partition coefficient (Wildman–Crippen LogP) is 5.68. The molecule has 0 aliphatic heterocycles. The third-order valence-corrected chi connectivity index (χ3v) is 4.41. The molecule has 0 unspecified atom stereocenters. The van der Waals surface area contributed by atoms with Crippen molar-refractivity contribution < 1.29 is 9.47 Å². The Hall–Kier alpha value is -2.77. The van der Waals surface area contributed by atoms with E-state index in [0.717, 1.165) is 26.4 Å². The van der Waals surface area contributed by atoms with E-state index in [0.29, 0.717) is 17.1 Å². The lowest BCUT2D eigenvalue weighted by atomic mass is 10.00. The molecule has 0 saturated carbocycles. The number of ether oxygens (including phenoxy) is 2. The van der Waals surface area contributed by atoms with Crippen molar-refractivity contribution in [1.29, 1.82) is 5.26 Å². The highest BCUT2D eigenvalue weighted by Crippen LogP contribution is 2.36. The van der Waals surface area contributed by atoms with E-state index in [1.54, 1.807) is 14.2 Å². The second-order valence-corrected chi connectivity index (χ2v) is 6.38. The van der Waals surface area contributed by atoms with E-state index in [9.17, 15) is 5.26 Å². The maximum Gasteiger partial charge on any atom is 0.168 e. The minimum atomic E-state index is 0.559. The third kappa shape index (κ3) is 3.52. The van der Waals surface area contributed by atoms with E-state index < -0.39 is 0 Å². The summed E-state index contributed by atoms with van der Waals surface area (Å²) in [6.07, 6.45) is 1.82. The summed E-state index contributed by atoms with van der Waals surface area (Å²) in [4.78, 5) is 0. The van der Waals surface area contributed by atoms with Gasteiger partial charge in [-0.3, -0.25) is 0 Å². The number of benzene rings is 3. The molecular formula is C21H16BrNO2. The van der Waals surface area contributed by atoms with Crippen LogP contribution in [0.4, 0.5) is 0 Å². The van der Waals surface area contributed by atoms with Gasteiger partial charge in [-0.15, -0.1) is 0 Å². The lowest BCUT2D eigenvalue weighted by Crippen LogP contribution is -1.94. The Bertz CT molecular complexity index is 1000. The highest BCUT2D eigenvalue weighted by molar-refractivity contribution is 9.10. The van der Waals surface area contributed by atoms with Gasteiger partial charge in [-0.25, -0.2) is 0 Å². The zero-order valence-electron chi connectivity index (χ0n) is 13.9. The molecule has 4 heteroatoms. The van der Waals surface area contributed by atoms with E-state index in [2.05, 4.69) is 28.1 Å². The van der Waals surface area contributed by atoms with Gasteiger partial charge >= 0.3 is 0 Å². The van der Waals surface area contributed by atoms with Gasteiger partial charge < -0.3 is 9.47 Å². The molecular weight excluding hydrogens is 378 g/mol. The van der Waals surface area contributed by atoms with Gasteiger partial charge in [0.2, 0.25) is 0 Å². The minimum absolute atomic E-state index is 0.559. The van der Waals surface area contributed by atoms with Gasteiger partial charge in [0.25, 0.3) is 0 Å². The van der Waals surface area contributed by atoms with Crippen molar-refractivity contribution >= 4 is 38.4 Å². The molecule has 124 valence electrons. The summed E-state index contributed by atoms with van der Waals surface area (Å²) in [5, 5.41) is 11.9. The van der Waals surface area contributed by atoms with Gasteiger partial charge in [0.1, 0.15) is 0 Å². The molecule has 25 heavy (non-hydrogen) atoms. The SMILES string of the molecule is COc1cc(Br)cc(/C=C(/C#N)c2ccc3ccccc3c2)c1OC. The fourth-order valence-corrected chi connectivity index (χ4v) is 3.21. The first-order chi connectivity index (χ1) is 12.2. The molecule has 0 atom stereocenters. The van der Waals surface area contributed by atoms with Crippen molar-refractivity contribution in [1.82, 2.24) is 0 Å². The molecule has 0 fully saturated rings. The summed E-state index contributed by atoms with van der Waals surface area (Å²) < 4.78 is 11.7. The Morgan fingerprint density at radius 1 is 1.00 bits per heavy atom. The Labute approximate surface area is 155 Å².